The third kappa shape index (κ3) is 2.85. The molecule has 18 heavy (non-hydrogen) atoms. The number of aliphatic hydroxyl groups is 1. The summed E-state index contributed by atoms with van der Waals surface area (Å²) < 4.78 is 6.02. The molecule has 100 valence electrons. The van der Waals surface area contributed by atoms with Gasteiger partial charge in [-0.1, -0.05) is 25.1 Å². The predicted octanol–water partition coefficient (Wildman–Crippen LogP) is 2.26. The Morgan fingerprint density at radius 3 is 2.89 bits per heavy atom. The molecular weight excluding hydrogens is 226 g/mol. The maximum atomic E-state index is 9.19. The first-order chi connectivity index (χ1) is 8.55. The highest BCUT2D eigenvalue weighted by Gasteiger charge is 2.31. The van der Waals surface area contributed by atoms with E-state index in [0.717, 1.165) is 25.1 Å². The molecule has 3 nitrogen and oxygen atoms in total. The van der Waals surface area contributed by atoms with Crippen LogP contribution in [-0.4, -0.2) is 23.4 Å². The van der Waals surface area contributed by atoms with E-state index in [9.17, 15) is 5.11 Å². The van der Waals surface area contributed by atoms with E-state index < -0.39 is 0 Å². The average Bonchev–Trinajstić information content (AvgIpc) is 2.65. The highest BCUT2D eigenvalue weighted by molar-refractivity contribution is 5.45. The van der Waals surface area contributed by atoms with Crippen LogP contribution in [0.3, 0.4) is 0 Å². The quantitative estimate of drug-likeness (QED) is 0.841. The number of ether oxygens (including phenoxy) is 1. The molecule has 1 aromatic rings. The van der Waals surface area contributed by atoms with Crippen LogP contribution in [0.25, 0.3) is 0 Å². The number of aliphatic hydroxyl groups excluding tert-OH is 1. The Hall–Kier alpha value is -1.06. The molecule has 1 heterocycles. The zero-order valence-corrected chi connectivity index (χ0v) is 11.5. The molecule has 0 radical (unpaired) electrons. The third-order valence-corrected chi connectivity index (χ3v) is 3.47. The largest absolute Gasteiger partial charge is 0.487 e. The van der Waals surface area contributed by atoms with Crippen LogP contribution in [0.5, 0.6) is 5.75 Å². The van der Waals surface area contributed by atoms with Crippen LogP contribution in [0.4, 0.5) is 0 Å². The summed E-state index contributed by atoms with van der Waals surface area (Å²) in [6.45, 7) is 7.23. The molecule has 0 saturated carbocycles. The predicted molar refractivity (Wildman–Crippen MR) is 72.9 cm³/mol. The second-order valence-corrected chi connectivity index (χ2v) is 5.61. The molecule has 0 bridgehead atoms. The van der Waals surface area contributed by atoms with Gasteiger partial charge in [-0.15, -0.1) is 0 Å². The smallest absolute Gasteiger partial charge is 0.127 e. The fourth-order valence-corrected chi connectivity index (χ4v) is 2.41. The van der Waals surface area contributed by atoms with Gasteiger partial charge < -0.3 is 15.2 Å². The molecule has 1 aromatic carbocycles. The van der Waals surface area contributed by atoms with Crippen LogP contribution in [0.2, 0.25) is 0 Å². The lowest BCUT2D eigenvalue weighted by Gasteiger charge is -2.19. The minimum atomic E-state index is -0.0976. The van der Waals surface area contributed by atoms with Gasteiger partial charge in [-0.3, -0.25) is 0 Å². The van der Waals surface area contributed by atoms with Gasteiger partial charge in [-0.2, -0.15) is 0 Å². The number of fused-ring (bicyclic) bond motifs is 1. The second kappa shape index (κ2) is 5.29. The molecule has 0 aliphatic carbocycles. The molecular formula is C15H23NO2. The number of rotatable bonds is 5. The summed E-state index contributed by atoms with van der Waals surface area (Å²) in [5.41, 5.74) is 2.38. The van der Waals surface area contributed by atoms with Crippen LogP contribution in [0.1, 0.15) is 38.3 Å². The molecule has 0 amide bonds. The van der Waals surface area contributed by atoms with Gasteiger partial charge in [-0.25, -0.2) is 0 Å². The maximum Gasteiger partial charge on any atom is 0.127 e. The summed E-state index contributed by atoms with van der Waals surface area (Å²) in [5, 5.41) is 12.5. The minimum absolute atomic E-state index is 0.0976. The van der Waals surface area contributed by atoms with Crippen LogP contribution in [-0.2, 0) is 13.0 Å². The van der Waals surface area contributed by atoms with Crippen molar-refractivity contribution < 1.29 is 9.84 Å². The first-order valence-electron chi connectivity index (χ1n) is 6.69. The molecule has 2 N–H and O–H groups in total. The summed E-state index contributed by atoms with van der Waals surface area (Å²) in [4.78, 5) is 0. The first kappa shape index (κ1) is 13.4. The van der Waals surface area contributed by atoms with Crippen molar-refractivity contribution in [3.8, 4) is 5.75 Å². The molecule has 1 aliphatic rings. The van der Waals surface area contributed by atoms with E-state index in [0.29, 0.717) is 0 Å². The van der Waals surface area contributed by atoms with Gasteiger partial charge in [-0.05, 0) is 25.8 Å². The Morgan fingerprint density at radius 2 is 2.22 bits per heavy atom. The molecule has 0 aromatic heterocycles. The van der Waals surface area contributed by atoms with Gasteiger partial charge in [0.25, 0.3) is 0 Å². The van der Waals surface area contributed by atoms with Gasteiger partial charge in [0.2, 0.25) is 0 Å². The molecule has 2 rings (SSSR count). The first-order valence-corrected chi connectivity index (χ1v) is 6.69. The number of nitrogens with one attached hydrogen (secondary N) is 1. The lowest BCUT2D eigenvalue weighted by Crippen LogP contribution is -2.31. The number of hydrogen-bond acceptors (Lipinski definition) is 3. The van der Waals surface area contributed by atoms with Crippen molar-refractivity contribution in [1.82, 2.24) is 5.32 Å². The summed E-state index contributed by atoms with van der Waals surface area (Å²) in [5.74, 6) is 1.03. The van der Waals surface area contributed by atoms with Crippen LogP contribution in [0.15, 0.2) is 18.2 Å². The number of hydrogen-bond donors (Lipinski definition) is 2. The number of benzene rings is 1. The van der Waals surface area contributed by atoms with Crippen molar-refractivity contribution in [3.05, 3.63) is 29.3 Å². The average molecular weight is 249 g/mol. The van der Waals surface area contributed by atoms with Crippen LogP contribution < -0.4 is 10.1 Å². The fourth-order valence-electron chi connectivity index (χ4n) is 2.41. The topological polar surface area (TPSA) is 41.5 Å². The highest BCUT2D eigenvalue weighted by atomic mass is 16.5. The Labute approximate surface area is 109 Å². The Balaban J connectivity index is 2.10. The van der Waals surface area contributed by atoms with E-state index in [1.54, 1.807) is 0 Å². The monoisotopic (exact) mass is 249 g/mol. The highest BCUT2D eigenvalue weighted by Crippen LogP contribution is 2.37. The third-order valence-electron chi connectivity index (χ3n) is 3.47. The van der Waals surface area contributed by atoms with E-state index in [1.165, 1.54) is 11.1 Å². The van der Waals surface area contributed by atoms with Gasteiger partial charge in [0.05, 0.1) is 6.61 Å². The van der Waals surface area contributed by atoms with Crippen molar-refractivity contribution in [2.45, 2.75) is 51.8 Å². The standard InChI is InChI=1S/C15H23NO2/c1-4-13(10-17)16-9-12-7-5-6-11-8-15(2,3)18-14(11)12/h5-7,13,16-17H,4,8-10H2,1-3H3. The summed E-state index contributed by atoms with van der Waals surface area (Å²) in [7, 11) is 0. The van der Waals surface area contributed by atoms with Crippen LogP contribution >= 0.6 is 0 Å². The summed E-state index contributed by atoms with van der Waals surface area (Å²) >= 11 is 0. The number of para-hydroxylation sites is 1. The van der Waals surface area contributed by atoms with Crippen molar-refractivity contribution in [3.63, 3.8) is 0 Å². The minimum Gasteiger partial charge on any atom is -0.487 e. The van der Waals surface area contributed by atoms with E-state index in [1.807, 2.05) is 0 Å². The zero-order chi connectivity index (χ0) is 13.2. The molecule has 0 fully saturated rings. The van der Waals surface area contributed by atoms with E-state index >= 15 is 0 Å². The molecule has 0 saturated heterocycles. The Kier molecular flexibility index (Phi) is 3.93. The molecule has 1 aliphatic heterocycles. The normalized spacial score (nSPS) is 18.2. The fraction of sp³-hybridized carbons (Fsp3) is 0.600. The van der Waals surface area contributed by atoms with Gasteiger partial charge in [0, 0.05) is 24.6 Å². The summed E-state index contributed by atoms with van der Waals surface area (Å²) in [6.07, 6.45) is 1.89. The Bertz CT molecular complexity index is 411. The second-order valence-electron chi connectivity index (χ2n) is 5.61. The lowest BCUT2D eigenvalue weighted by atomic mass is 10.0. The zero-order valence-electron chi connectivity index (χ0n) is 11.5. The molecule has 1 atom stereocenters. The van der Waals surface area contributed by atoms with E-state index in [2.05, 4.69) is 44.3 Å². The SMILES string of the molecule is CCC(CO)NCc1cccc2c1OC(C)(C)C2. The van der Waals surface area contributed by atoms with Crippen molar-refractivity contribution >= 4 is 0 Å². The molecule has 3 heteroatoms. The van der Waals surface area contributed by atoms with Gasteiger partial charge in [0.1, 0.15) is 11.4 Å². The Morgan fingerprint density at radius 1 is 1.44 bits per heavy atom. The van der Waals surface area contributed by atoms with Crippen LogP contribution in [0, 0.1) is 0 Å². The lowest BCUT2D eigenvalue weighted by molar-refractivity contribution is 0.137. The molecule has 1 unspecified atom stereocenters. The summed E-state index contributed by atoms with van der Waals surface area (Å²) in [6, 6.07) is 6.48. The van der Waals surface area contributed by atoms with Gasteiger partial charge >= 0.3 is 0 Å². The van der Waals surface area contributed by atoms with E-state index in [-0.39, 0.29) is 18.2 Å². The van der Waals surface area contributed by atoms with Crippen molar-refractivity contribution in [2.75, 3.05) is 6.61 Å². The maximum absolute atomic E-state index is 9.19. The molecule has 0 spiro atoms. The van der Waals surface area contributed by atoms with Crippen molar-refractivity contribution in [1.29, 1.82) is 0 Å². The van der Waals surface area contributed by atoms with Gasteiger partial charge in [0.15, 0.2) is 0 Å². The van der Waals surface area contributed by atoms with E-state index in [4.69, 9.17) is 4.74 Å². The van der Waals surface area contributed by atoms with Crippen molar-refractivity contribution in [2.24, 2.45) is 0 Å².